The van der Waals surface area contributed by atoms with Gasteiger partial charge in [-0.1, -0.05) is 32.9 Å². The summed E-state index contributed by atoms with van der Waals surface area (Å²) in [4.78, 5) is 83.0. The number of nitrogens with one attached hydrogen (secondary N) is 5. The second kappa shape index (κ2) is 24.4. The Labute approximate surface area is 481 Å². The average Bonchev–Trinajstić information content (AvgIpc) is 3.00. The lowest BCUT2D eigenvalue weighted by atomic mass is 9.85. The van der Waals surface area contributed by atoms with Gasteiger partial charge in [-0.05, 0) is 141 Å². The van der Waals surface area contributed by atoms with Gasteiger partial charge in [0.25, 0.3) is 0 Å². The quantitative estimate of drug-likeness (QED) is 0.0444. The number of hydrogen-bond acceptors (Lipinski definition) is 14. The highest BCUT2D eigenvalue weighted by molar-refractivity contribution is 7.13. The number of aryl methyl sites for hydroxylation is 1. The van der Waals surface area contributed by atoms with E-state index in [4.69, 9.17) is 14.5 Å². The second-order valence-electron chi connectivity index (χ2n) is 23.4. The summed E-state index contributed by atoms with van der Waals surface area (Å²) in [7, 11) is 1.68. The van der Waals surface area contributed by atoms with Crippen LogP contribution in [-0.2, 0) is 30.5 Å². The Morgan fingerprint density at radius 3 is 2.16 bits per heavy atom. The molecule has 0 spiro atoms. The summed E-state index contributed by atoms with van der Waals surface area (Å²) >= 11 is 1.59. The van der Waals surface area contributed by atoms with Gasteiger partial charge in [0.05, 0.1) is 40.5 Å². The third-order valence-corrected chi connectivity index (χ3v) is 17.4. The number of methoxy groups -OCH3 is 1. The minimum absolute atomic E-state index is 0.0114. The van der Waals surface area contributed by atoms with Crippen LogP contribution in [0, 0.1) is 29.5 Å². The molecule has 0 unspecified atom stereocenters. The average molecular weight is 1140 g/mol. The fraction of sp³-hybridized carbons (Fsp3) is 0.435. The molecule has 2 aromatic heterocycles. The van der Waals surface area contributed by atoms with Crippen LogP contribution in [0.5, 0.6) is 17.2 Å². The van der Waals surface area contributed by atoms with Crippen LogP contribution in [0.1, 0.15) is 83.9 Å². The topological polar surface area (TPSA) is 220 Å². The van der Waals surface area contributed by atoms with Gasteiger partial charge in [0.15, 0.2) is 0 Å². The maximum absolute atomic E-state index is 13.9. The Balaban J connectivity index is 0.720. The monoisotopic (exact) mass is 1140 g/mol. The molecule has 5 amide bonds. The molecule has 5 heterocycles. The van der Waals surface area contributed by atoms with E-state index in [0.717, 1.165) is 108 Å². The van der Waals surface area contributed by atoms with E-state index in [1.807, 2.05) is 51.4 Å². The number of pyridine rings is 1. The summed E-state index contributed by atoms with van der Waals surface area (Å²) in [5.41, 5.74) is 6.60. The van der Waals surface area contributed by atoms with E-state index in [2.05, 4.69) is 59.6 Å². The Bertz CT molecular complexity index is 3310. The number of fused-ring (bicyclic) bond motifs is 1. The van der Waals surface area contributed by atoms with E-state index >= 15 is 0 Å². The lowest BCUT2D eigenvalue weighted by Crippen LogP contribution is -2.57. The number of anilines is 4. The van der Waals surface area contributed by atoms with Crippen LogP contribution in [0.25, 0.3) is 21.3 Å². The maximum atomic E-state index is 13.9. The fourth-order valence-corrected chi connectivity index (χ4v) is 12.3. The molecule has 4 aromatic carbocycles. The number of ether oxygens (including phenoxy) is 2. The minimum atomic E-state index is -1.18. The molecule has 6 N–H and O–H groups in total. The zero-order valence-corrected chi connectivity index (χ0v) is 48.2. The van der Waals surface area contributed by atoms with E-state index in [9.17, 15) is 33.5 Å². The summed E-state index contributed by atoms with van der Waals surface area (Å²) < 4.78 is 25.8. The molecule has 4 fully saturated rings. The highest BCUT2D eigenvalue weighted by atomic mass is 32.1. The second-order valence-corrected chi connectivity index (χ2v) is 24.2. The van der Waals surface area contributed by atoms with Gasteiger partial charge < -0.3 is 55.9 Å². The van der Waals surface area contributed by atoms with Gasteiger partial charge in [0, 0.05) is 93.8 Å². The predicted octanol–water partition coefficient (Wildman–Crippen LogP) is 8.89. The van der Waals surface area contributed by atoms with Gasteiger partial charge in [-0.15, -0.1) is 11.3 Å². The van der Waals surface area contributed by atoms with E-state index in [1.54, 1.807) is 48.9 Å². The lowest BCUT2D eigenvalue weighted by Gasteiger charge is -2.39. The van der Waals surface area contributed by atoms with Crippen molar-refractivity contribution in [1.29, 1.82) is 0 Å². The molecule has 20 heteroatoms. The first-order chi connectivity index (χ1) is 39.3. The Hall–Kier alpha value is -7.68. The number of benzene rings is 4. The number of halogens is 1. The van der Waals surface area contributed by atoms with E-state index in [-0.39, 0.29) is 43.3 Å². The van der Waals surface area contributed by atoms with Crippen molar-refractivity contribution >= 4 is 74.5 Å². The SMILES string of the molecule is COc1cc2c(Oc3ccc(NC(=O)C4(C(=O)Nc5ccc(F)cc5)CC4)cc3)ccnc2cc1N1CCC(CN2CCC(Nc3cc(-c4scnc4C)ccc3CNC(=O)[C@@H]3C[C@@H](O)CN3C(=O)[C@@H](NC(C)=O)C(C)(C)C)CC2)CC1. The number of nitrogens with zero attached hydrogens (tertiary/aromatic N) is 5. The number of rotatable bonds is 18. The van der Waals surface area contributed by atoms with Crippen molar-refractivity contribution in [2.45, 2.75) is 110 Å². The first-order valence-electron chi connectivity index (χ1n) is 28.3. The highest BCUT2D eigenvalue weighted by Gasteiger charge is 2.56. The Morgan fingerprint density at radius 1 is 0.854 bits per heavy atom. The van der Waals surface area contributed by atoms with Crippen LogP contribution >= 0.6 is 11.3 Å². The zero-order valence-electron chi connectivity index (χ0n) is 47.4. The summed E-state index contributed by atoms with van der Waals surface area (Å²) in [5.74, 6) is 0.103. The zero-order chi connectivity index (χ0) is 57.9. The van der Waals surface area contributed by atoms with Crippen LogP contribution < -0.4 is 41.0 Å². The molecule has 6 aromatic rings. The molecular weight excluding hydrogens is 1060 g/mol. The highest BCUT2D eigenvalue weighted by Crippen LogP contribution is 2.48. The molecule has 3 saturated heterocycles. The number of likely N-dealkylation sites (tertiary alicyclic amines) is 2. The lowest BCUT2D eigenvalue weighted by molar-refractivity contribution is -0.143. The van der Waals surface area contributed by atoms with Crippen LogP contribution in [-0.4, -0.2) is 125 Å². The number of piperidine rings is 2. The number of aliphatic hydroxyl groups excluding tert-OH is 1. The normalized spacial score (nSPS) is 18.8. The number of hydrogen-bond donors (Lipinski definition) is 6. The van der Waals surface area contributed by atoms with Crippen LogP contribution in [0.3, 0.4) is 0 Å². The third-order valence-electron chi connectivity index (χ3n) is 16.4. The summed E-state index contributed by atoms with van der Waals surface area (Å²) in [5, 5.41) is 26.8. The number of thiazole rings is 1. The van der Waals surface area contributed by atoms with Gasteiger partial charge in [-0.2, -0.15) is 0 Å². The van der Waals surface area contributed by atoms with Crippen LogP contribution in [0.15, 0.2) is 96.6 Å². The van der Waals surface area contributed by atoms with Crippen molar-refractivity contribution in [1.82, 2.24) is 30.4 Å². The van der Waals surface area contributed by atoms with Crippen LogP contribution in [0.4, 0.5) is 27.1 Å². The Kier molecular flexibility index (Phi) is 17.1. The van der Waals surface area contributed by atoms with Crippen molar-refractivity contribution in [2.24, 2.45) is 16.7 Å². The van der Waals surface area contributed by atoms with Crippen molar-refractivity contribution in [3.05, 3.63) is 114 Å². The molecule has 3 atom stereocenters. The number of aliphatic hydroxyl groups is 1. The van der Waals surface area contributed by atoms with Crippen molar-refractivity contribution in [3.8, 4) is 27.7 Å². The molecule has 432 valence electrons. The molecule has 3 aliphatic heterocycles. The summed E-state index contributed by atoms with van der Waals surface area (Å²) in [6, 6.07) is 23.0. The molecule has 82 heavy (non-hydrogen) atoms. The summed E-state index contributed by atoms with van der Waals surface area (Å²) in [6.07, 6.45) is 5.79. The number of β-amino-alcohol motifs (C(OH)–C–C–N with tert-alkyl or cyclic N) is 1. The van der Waals surface area contributed by atoms with E-state index in [1.165, 1.54) is 36.1 Å². The molecule has 4 aliphatic rings. The minimum Gasteiger partial charge on any atom is -0.495 e. The number of carbonyl (C=O) groups excluding carboxylic acids is 5. The van der Waals surface area contributed by atoms with E-state index in [0.29, 0.717) is 41.6 Å². The number of amides is 5. The van der Waals surface area contributed by atoms with Gasteiger partial charge in [-0.25, -0.2) is 9.37 Å². The maximum Gasteiger partial charge on any atom is 0.246 e. The largest absolute Gasteiger partial charge is 0.495 e. The molecule has 1 saturated carbocycles. The van der Waals surface area contributed by atoms with Crippen molar-refractivity contribution in [3.63, 3.8) is 0 Å². The van der Waals surface area contributed by atoms with Gasteiger partial charge in [0.2, 0.25) is 29.5 Å². The Morgan fingerprint density at radius 2 is 1.54 bits per heavy atom. The summed E-state index contributed by atoms with van der Waals surface area (Å²) in [6.45, 7) is 13.9. The van der Waals surface area contributed by atoms with Gasteiger partial charge in [0.1, 0.15) is 40.6 Å². The number of aromatic nitrogens is 2. The molecule has 10 rings (SSSR count). The predicted molar refractivity (Wildman–Crippen MR) is 315 cm³/mol. The third kappa shape index (κ3) is 13.1. The standard InChI is InChI=1S/C62H73FN10O8S/c1-37-55(82-36-66-37)40-7-8-41(33-65-57(76)52-30-46(75)35-73(52)58(77)56(61(3,4)5)67-38(2)74)49(29-40)68-45-20-25-71(26-21-45)34-39-18-27-72(28-19-39)51-32-50-48(31-54(51)80-6)53(17-24-64-50)81-47-15-13-44(14-16-47)70-60(79)62(22-23-62)59(78)69-43-11-9-42(63)10-12-43/h7-17,24,29,31-32,36,39,45-46,52,56,68,75H,18-23,25-28,30,33-35H2,1-6H3,(H,65,76)(H,67,74)(H,69,78)(H,70,79)/t46-,52+,56-/m1/s1. The number of carbonyl (C=O) groups is 5. The first-order valence-corrected chi connectivity index (χ1v) is 29.2. The smallest absolute Gasteiger partial charge is 0.246 e. The molecule has 0 radical (unpaired) electrons. The van der Waals surface area contributed by atoms with Crippen molar-refractivity contribution in [2.75, 3.05) is 67.2 Å². The van der Waals surface area contributed by atoms with Crippen molar-refractivity contribution < 1.29 is 42.9 Å². The molecular formula is C62H73FN10O8S. The van der Waals surface area contributed by atoms with E-state index < -0.39 is 46.6 Å². The van der Waals surface area contributed by atoms with Gasteiger partial charge >= 0.3 is 0 Å². The molecule has 0 bridgehead atoms. The first kappa shape index (κ1) is 57.6. The van der Waals surface area contributed by atoms with Gasteiger partial charge in [-0.3, -0.25) is 29.0 Å². The fourth-order valence-electron chi connectivity index (χ4n) is 11.5. The van der Waals surface area contributed by atoms with Crippen LogP contribution in [0.2, 0.25) is 0 Å². The molecule has 18 nitrogen and oxygen atoms in total. The molecule has 1 aliphatic carbocycles.